The van der Waals surface area contributed by atoms with Gasteiger partial charge in [-0.2, -0.15) is 0 Å². The average molecular weight is 236 g/mol. The van der Waals surface area contributed by atoms with Crippen LogP contribution in [-0.2, 0) is 0 Å². The first-order valence-electron chi connectivity index (χ1n) is 4.93. The van der Waals surface area contributed by atoms with E-state index in [0.717, 1.165) is 16.1 Å². The SMILES string of the molecule is OCC(O)CSc1cnc2ccccc2n1. The summed E-state index contributed by atoms with van der Waals surface area (Å²) in [5.41, 5.74) is 1.69. The van der Waals surface area contributed by atoms with Gasteiger partial charge in [0.15, 0.2) is 0 Å². The minimum absolute atomic E-state index is 0.228. The average Bonchev–Trinajstić information content (AvgIpc) is 2.35. The fourth-order valence-electron chi connectivity index (χ4n) is 1.24. The van der Waals surface area contributed by atoms with E-state index >= 15 is 0 Å². The molecule has 0 amide bonds. The predicted octanol–water partition coefficient (Wildman–Crippen LogP) is 1.08. The monoisotopic (exact) mass is 236 g/mol. The molecule has 84 valence electrons. The van der Waals surface area contributed by atoms with Crippen molar-refractivity contribution in [2.24, 2.45) is 0 Å². The fourth-order valence-corrected chi connectivity index (χ4v) is 2.00. The number of hydrogen-bond acceptors (Lipinski definition) is 5. The third-order valence-corrected chi connectivity index (χ3v) is 3.10. The summed E-state index contributed by atoms with van der Waals surface area (Å²) in [4.78, 5) is 8.65. The van der Waals surface area contributed by atoms with Gasteiger partial charge in [0.1, 0.15) is 5.03 Å². The summed E-state index contributed by atoms with van der Waals surface area (Å²) in [5, 5.41) is 18.7. The summed E-state index contributed by atoms with van der Waals surface area (Å²) in [6.45, 7) is -0.228. The third-order valence-electron chi connectivity index (χ3n) is 2.06. The van der Waals surface area contributed by atoms with Gasteiger partial charge in [0.25, 0.3) is 0 Å². The molecule has 0 saturated carbocycles. The predicted molar refractivity (Wildman–Crippen MR) is 63.4 cm³/mol. The second kappa shape index (κ2) is 5.25. The second-order valence-corrected chi connectivity index (χ2v) is 4.38. The van der Waals surface area contributed by atoms with Gasteiger partial charge in [0, 0.05) is 5.75 Å². The largest absolute Gasteiger partial charge is 0.394 e. The van der Waals surface area contributed by atoms with Gasteiger partial charge in [-0.1, -0.05) is 12.1 Å². The number of benzene rings is 1. The molecule has 1 atom stereocenters. The molecule has 2 N–H and O–H groups in total. The summed E-state index contributed by atoms with van der Waals surface area (Å²) < 4.78 is 0. The lowest BCUT2D eigenvalue weighted by Gasteiger charge is -2.05. The van der Waals surface area contributed by atoms with Crippen LogP contribution in [0.15, 0.2) is 35.5 Å². The fraction of sp³-hybridized carbons (Fsp3) is 0.273. The van der Waals surface area contributed by atoms with Crippen molar-refractivity contribution in [3.8, 4) is 0 Å². The Balaban J connectivity index is 2.13. The molecule has 1 heterocycles. The molecule has 0 radical (unpaired) electrons. The van der Waals surface area contributed by atoms with E-state index in [0.29, 0.717) is 5.75 Å². The first-order chi connectivity index (χ1) is 7.79. The number of aromatic nitrogens is 2. The number of aliphatic hydroxyl groups excluding tert-OH is 2. The lowest BCUT2D eigenvalue weighted by Crippen LogP contribution is -2.14. The summed E-state index contributed by atoms with van der Waals surface area (Å²) >= 11 is 1.38. The maximum Gasteiger partial charge on any atom is 0.115 e. The van der Waals surface area contributed by atoms with Crippen LogP contribution < -0.4 is 0 Å². The van der Waals surface area contributed by atoms with Gasteiger partial charge in [-0.15, -0.1) is 11.8 Å². The molecular weight excluding hydrogens is 224 g/mol. The van der Waals surface area contributed by atoms with E-state index in [4.69, 9.17) is 5.11 Å². The Morgan fingerprint density at radius 3 is 2.75 bits per heavy atom. The van der Waals surface area contributed by atoms with E-state index in [1.165, 1.54) is 11.8 Å². The van der Waals surface area contributed by atoms with Crippen LogP contribution in [0.1, 0.15) is 0 Å². The molecular formula is C11H12N2O2S. The summed E-state index contributed by atoms with van der Waals surface area (Å²) in [7, 11) is 0. The van der Waals surface area contributed by atoms with Crippen LogP contribution in [0.4, 0.5) is 0 Å². The maximum atomic E-state index is 9.21. The molecule has 0 fully saturated rings. The zero-order valence-electron chi connectivity index (χ0n) is 8.58. The van der Waals surface area contributed by atoms with E-state index in [1.807, 2.05) is 24.3 Å². The number of para-hydroxylation sites is 2. The number of thioether (sulfide) groups is 1. The molecule has 16 heavy (non-hydrogen) atoms. The molecule has 1 aromatic carbocycles. The number of aliphatic hydroxyl groups is 2. The lowest BCUT2D eigenvalue weighted by molar-refractivity contribution is 0.113. The van der Waals surface area contributed by atoms with Crippen molar-refractivity contribution in [2.75, 3.05) is 12.4 Å². The second-order valence-electron chi connectivity index (χ2n) is 3.34. The molecule has 0 aliphatic carbocycles. The lowest BCUT2D eigenvalue weighted by atomic mass is 10.3. The third kappa shape index (κ3) is 2.69. The molecule has 0 spiro atoms. The number of hydrogen-bond donors (Lipinski definition) is 2. The van der Waals surface area contributed by atoms with Crippen LogP contribution in [0.25, 0.3) is 11.0 Å². The quantitative estimate of drug-likeness (QED) is 0.777. The van der Waals surface area contributed by atoms with Crippen LogP contribution in [0.5, 0.6) is 0 Å². The van der Waals surface area contributed by atoms with Crippen molar-refractivity contribution >= 4 is 22.8 Å². The van der Waals surface area contributed by atoms with E-state index in [1.54, 1.807) is 6.20 Å². The molecule has 0 saturated heterocycles. The molecule has 2 rings (SSSR count). The normalized spacial score (nSPS) is 12.9. The Labute approximate surface area is 97.4 Å². The molecule has 0 aliphatic rings. The highest BCUT2D eigenvalue weighted by Crippen LogP contribution is 2.18. The highest BCUT2D eigenvalue weighted by Gasteiger charge is 2.05. The Kier molecular flexibility index (Phi) is 3.71. The smallest absolute Gasteiger partial charge is 0.115 e. The molecule has 1 aromatic heterocycles. The molecule has 0 aliphatic heterocycles. The first kappa shape index (κ1) is 11.3. The van der Waals surface area contributed by atoms with Crippen molar-refractivity contribution < 1.29 is 10.2 Å². The molecule has 1 unspecified atom stereocenters. The zero-order chi connectivity index (χ0) is 11.4. The van der Waals surface area contributed by atoms with E-state index in [9.17, 15) is 5.11 Å². The van der Waals surface area contributed by atoms with Crippen LogP contribution >= 0.6 is 11.8 Å². The minimum atomic E-state index is -0.710. The van der Waals surface area contributed by atoms with Crippen molar-refractivity contribution in [3.63, 3.8) is 0 Å². The summed E-state index contributed by atoms with van der Waals surface area (Å²) in [5.74, 6) is 0.420. The number of nitrogens with zero attached hydrogens (tertiary/aromatic N) is 2. The zero-order valence-corrected chi connectivity index (χ0v) is 9.39. The molecule has 0 bridgehead atoms. The van der Waals surface area contributed by atoms with Gasteiger partial charge in [-0.3, -0.25) is 4.98 Å². The van der Waals surface area contributed by atoms with Gasteiger partial charge < -0.3 is 10.2 Å². The number of fused-ring (bicyclic) bond motifs is 1. The molecule has 4 nitrogen and oxygen atoms in total. The first-order valence-corrected chi connectivity index (χ1v) is 5.91. The van der Waals surface area contributed by atoms with Crippen molar-refractivity contribution in [1.82, 2.24) is 9.97 Å². The Bertz CT molecular complexity index is 478. The van der Waals surface area contributed by atoms with Crippen molar-refractivity contribution in [3.05, 3.63) is 30.5 Å². The van der Waals surface area contributed by atoms with Crippen LogP contribution in [0, 0.1) is 0 Å². The summed E-state index contributed by atoms with van der Waals surface area (Å²) in [6, 6.07) is 7.63. The Hall–Kier alpha value is -1.17. The Morgan fingerprint density at radius 1 is 1.25 bits per heavy atom. The van der Waals surface area contributed by atoms with Crippen LogP contribution in [0.3, 0.4) is 0 Å². The van der Waals surface area contributed by atoms with Gasteiger partial charge in [-0.05, 0) is 12.1 Å². The van der Waals surface area contributed by atoms with E-state index in [2.05, 4.69) is 9.97 Å². The van der Waals surface area contributed by atoms with Gasteiger partial charge >= 0.3 is 0 Å². The topological polar surface area (TPSA) is 66.2 Å². The van der Waals surface area contributed by atoms with Crippen LogP contribution in [0.2, 0.25) is 0 Å². The maximum absolute atomic E-state index is 9.21. The Morgan fingerprint density at radius 2 is 2.00 bits per heavy atom. The van der Waals surface area contributed by atoms with Gasteiger partial charge in [-0.25, -0.2) is 4.98 Å². The molecule has 5 heteroatoms. The van der Waals surface area contributed by atoms with E-state index in [-0.39, 0.29) is 6.61 Å². The van der Waals surface area contributed by atoms with E-state index < -0.39 is 6.10 Å². The minimum Gasteiger partial charge on any atom is -0.394 e. The standard InChI is InChI=1S/C11H12N2O2S/c14-6-8(15)7-16-11-5-12-9-3-1-2-4-10(9)13-11/h1-5,8,14-15H,6-7H2. The highest BCUT2D eigenvalue weighted by atomic mass is 32.2. The molecule has 2 aromatic rings. The van der Waals surface area contributed by atoms with Crippen molar-refractivity contribution in [1.29, 1.82) is 0 Å². The summed E-state index contributed by atoms with van der Waals surface area (Å²) in [6.07, 6.45) is 0.968. The van der Waals surface area contributed by atoms with Gasteiger partial charge in [0.05, 0.1) is 29.9 Å². The van der Waals surface area contributed by atoms with Crippen molar-refractivity contribution in [2.45, 2.75) is 11.1 Å². The van der Waals surface area contributed by atoms with Crippen LogP contribution in [-0.4, -0.2) is 38.6 Å². The van der Waals surface area contributed by atoms with Gasteiger partial charge in [0.2, 0.25) is 0 Å². The number of rotatable bonds is 4. The highest BCUT2D eigenvalue weighted by molar-refractivity contribution is 7.99.